The molecule has 0 bridgehead atoms. The van der Waals surface area contributed by atoms with E-state index in [9.17, 15) is 9.90 Å². The molecule has 0 aliphatic heterocycles. The molecule has 0 saturated carbocycles. The lowest BCUT2D eigenvalue weighted by Gasteiger charge is -2.15. The number of aromatic amines is 1. The maximum atomic E-state index is 12.3. The minimum atomic E-state index is -0.319. The van der Waals surface area contributed by atoms with E-state index >= 15 is 0 Å². The van der Waals surface area contributed by atoms with Crippen LogP contribution in [0.25, 0.3) is 0 Å². The van der Waals surface area contributed by atoms with Gasteiger partial charge in [-0.05, 0) is 36.8 Å². The first kappa shape index (κ1) is 17.2. The zero-order valence-corrected chi connectivity index (χ0v) is 13.7. The molecule has 0 saturated heterocycles. The van der Waals surface area contributed by atoms with E-state index in [-0.39, 0.29) is 18.6 Å². The fourth-order valence-corrected chi connectivity index (χ4v) is 2.37. The molecule has 5 heteroatoms. The molecule has 0 radical (unpaired) electrons. The van der Waals surface area contributed by atoms with Crippen molar-refractivity contribution >= 4 is 5.91 Å². The molecule has 1 atom stereocenters. The first-order chi connectivity index (χ1) is 11.1. The number of carbonyl (C=O) groups is 1. The number of aliphatic hydroxyl groups excluding tert-OH is 1. The second kappa shape index (κ2) is 8.48. The van der Waals surface area contributed by atoms with Gasteiger partial charge in [0.15, 0.2) is 0 Å². The highest BCUT2D eigenvalue weighted by molar-refractivity contribution is 5.92. The van der Waals surface area contributed by atoms with Crippen molar-refractivity contribution in [3.63, 3.8) is 0 Å². The number of H-pyrrole nitrogens is 1. The number of hydrogen-bond acceptors (Lipinski definition) is 3. The Hall–Kier alpha value is -2.14. The van der Waals surface area contributed by atoms with Gasteiger partial charge in [0.25, 0.3) is 5.91 Å². The number of rotatable bonds is 8. The van der Waals surface area contributed by atoms with Crippen LogP contribution in [0.15, 0.2) is 36.4 Å². The van der Waals surface area contributed by atoms with Gasteiger partial charge in [-0.25, -0.2) is 0 Å². The van der Waals surface area contributed by atoms with Crippen molar-refractivity contribution in [3.8, 4) is 0 Å². The molecular weight excluding hydrogens is 290 g/mol. The number of aromatic nitrogens is 2. The largest absolute Gasteiger partial charge is 0.394 e. The molecule has 0 spiro atoms. The number of aliphatic hydroxyl groups is 1. The molecule has 2 aromatic rings. The molecule has 0 aliphatic carbocycles. The molecule has 1 aromatic carbocycles. The average Bonchev–Trinajstić information content (AvgIpc) is 3.02. The van der Waals surface area contributed by atoms with Gasteiger partial charge in [-0.15, -0.1) is 0 Å². The number of benzene rings is 1. The SMILES string of the molecule is CC(C)CCc1cc(C(=O)NC(CO)Cc2ccccc2)n[nH]1. The monoisotopic (exact) mass is 315 g/mol. The van der Waals surface area contributed by atoms with Gasteiger partial charge in [-0.3, -0.25) is 9.89 Å². The van der Waals surface area contributed by atoms with Gasteiger partial charge in [0.1, 0.15) is 5.69 Å². The normalized spacial score (nSPS) is 12.3. The Morgan fingerprint density at radius 3 is 2.70 bits per heavy atom. The topological polar surface area (TPSA) is 78.0 Å². The van der Waals surface area contributed by atoms with Crippen LogP contribution in [0.3, 0.4) is 0 Å². The van der Waals surface area contributed by atoms with E-state index in [1.54, 1.807) is 6.07 Å². The van der Waals surface area contributed by atoms with Gasteiger partial charge >= 0.3 is 0 Å². The summed E-state index contributed by atoms with van der Waals surface area (Å²) in [6.45, 7) is 4.23. The minimum Gasteiger partial charge on any atom is -0.394 e. The summed E-state index contributed by atoms with van der Waals surface area (Å²) < 4.78 is 0. The van der Waals surface area contributed by atoms with Crippen LogP contribution in [0.4, 0.5) is 0 Å². The maximum Gasteiger partial charge on any atom is 0.272 e. The number of aryl methyl sites for hydroxylation is 1. The van der Waals surface area contributed by atoms with Gasteiger partial charge in [0.05, 0.1) is 12.6 Å². The summed E-state index contributed by atoms with van der Waals surface area (Å²) in [6, 6.07) is 11.3. The lowest BCUT2D eigenvalue weighted by atomic mass is 10.1. The predicted octanol–water partition coefficient (Wildman–Crippen LogP) is 2.33. The third-order valence-electron chi connectivity index (χ3n) is 3.74. The molecule has 124 valence electrons. The Balaban J connectivity index is 1.91. The Morgan fingerprint density at radius 1 is 1.30 bits per heavy atom. The van der Waals surface area contributed by atoms with Crippen molar-refractivity contribution in [2.75, 3.05) is 6.61 Å². The van der Waals surface area contributed by atoms with Gasteiger partial charge in [0.2, 0.25) is 0 Å². The molecule has 2 rings (SSSR count). The van der Waals surface area contributed by atoms with Crippen LogP contribution in [0, 0.1) is 5.92 Å². The molecule has 1 amide bonds. The number of nitrogens with zero attached hydrogens (tertiary/aromatic N) is 1. The summed E-state index contributed by atoms with van der Waals surface area (Å²) in [4.78, 5) is 12.3. The first-order valence-corrected chi connectivity index (χ1v) is 8.08. The third-order valence-corrected chi connectivity index (χ3v) is 3.74. The highest BCUT2D eigenvalue weighted by Crippen LogP contribution is 2.09. The van der Waals surface area contributed by atoms with Crippen molar-refractivity contribution in [2.45, 2.75) is 39.2 Å². The number of amides is 1. The summed E-state index contributed by atoms with van der Waals surface area (Å²) in [5.41, 5.74) is 2.41. The molecule has 1 unspecified atom stereocenters. The van der Waals surface area contributed by atoms with E-state index in [0.29, 0.717) is 18.0 Å². The quantitative estimate of drug-likeness (QED) is 0.699. The highest BCUT2D eigenvalue weighted by Gasteiger charge is 2.16. The lowest BCUT2D eigenvalue weighted by molar-refractivity contribution is 0.0911. The molecule has 0 fully saturated rings. The highest BCUT2D eigenvalue weighted by atomic mass is 16.3. The Kier molecular flexibility index (Phi) is 6.35. The van der Waals surface area contributed by atoms with Gasteiger partial charge < -0.3 is 10.4 Å². The van der Waals surface area contributed by atoms with Gasteiger partial charge in [-0.2, -0.15) is 5.10 Å². The zero-order valence-electron chi connectivity index (χ0n) is 13.7. The van der Waals surface area contributed by atoms with Gasteiger partial charge in [0, 0.05) is 5.69 Å². The molecule has 23 heavy (non-hydrogen) atoms. The van der Waals surface area contributed by atoms with Crippen molar-refractivity contribution < 1.29 is 9.90 Å². The fourth-order valence-electron chi connectivity index (χ4n) is 2.37. The summed E-state index contributed by atoms with van der Waals surface area (Å²) in [5, 5.41) is 19.3. The van der Waals surface area contributed by atoms with Crippen LogP contribution in [0.5, 0.6) is 0 Å². The second-order valence-electron chi connectivity index (χ2n) is 6.25. The molecule has 1 heterocycles. The number of nitrogens with one attached hydrogen (secondary N) is 2. The molecule has 0 aliphatic rings. The smallest absolute Gasteiger partial charge is 0.272 e. The standard InChI is InChI=1S/C18H25N3O2/c1-13(2)8-9-15-11-17(21-20-15)18(23)19-16(12-22)10-14-6-4-3-5-7-14/h3-7,11,13,16,22H,8-10,12H2,1-2H3,(H,19,23)(H,20,21). The zero-order chi connectivity index (χ0) is 16.7. The third kappa shape index (κ3) is 5.53. The average molecular weight is 315 g/mol. The molecular formula is C18H25N3O2. The van der Waals surface area contributed by atoms with Crippen LogP contribution in [-0.2, 0) is 12.8 Å². The molecule has 3 N–H and O–H groups in total. The van der Waals surface area contributed by atoms with Crippen molar-refractivity contribution in [1.29, 1.82) is 0 Å². The van der Waals surface area contributed by atoms with E-state index in [4.69, 9.17) is 0 Å². The first-order valence-electron chi connectivity index (χ1n) is 8.08. The van der Waals surface area contributed by atoms with E-state index < -0.39 is 0 Å². The van der Waals surface area contributed by atoms with Crippen LogP contribution < -0.4 is 5.32 Å². The predicted molar refractivity (Wildman–Crippen MR) is 90.2 cm³/mol. The van der Waals surface area contributed by atoms with Gasteiger partial charge in [-0.1, -0.05) is 44.2 Å². The van der Waals surface area contributed by atoms with Crippen LogP contribution in [0.1, 0.15) is 42.0 Å². The van der Waals surface area contributed by atoms with Crippen LogP contribution in [0.2, 0.25) is 0 Å². The molecule has 1 aromatic heterocycles. The van der Waals surface area contributed by atoms with E-state index in [0.717, 1.165) is 24.1 Å². The lowest BCUT2D eigenvalue weighted by Crippen LogP contribution is -2.39. The summed E-state index contributed by atoms with van der Waals surface area (Å²) in [5.74, 6) is 0.354. The Morgan fingerprint density at radius 2 is 2.04 bits per heavy atom. The Bertz CT molecular complexity index is 608. The fraction of sp³-hybridized carbons (Fsp3) is 0.444. The number of hydrogen-bond donors (Lipinski definition) is 3. The molecule has 5 nitrogen and oxygen atoms in total. The summed E-state index contributed by atoms with van der Waals surface area (Å²) in [7, 11) is 0. The van der Waals surface area contributed by atoms with E-state index in [1.807, 2.05) is 30.3 Å². The summed E-state index contributed by atoms with van der Waals surface area (Å²) >= 11 is 0. The van der Waals surface area contributed by atoms with E-state index in [2.05, 4.69) is 29.4 Å². The van der Waals surface area contributed by atoms with E-state index in [1.165, 1.54) is 0 Å². The van der Waals surface area contributed by atoms with Crippen molar-refractivity contribution in [1.82, 2.24) is 15.5 Å². The van der Waals surface area contributed by atoms with Crippen LogP contribution in [-0.4, -0.2) is 33.9 Å². The summed E-state index contributed by atoms with van der Waals surface area (Å²) in [6.07, 6.45) is 2.52. The minimum absolute atomic E-state index is 0.106. The number of carbonyl (C=O) groups excluding carboxylic acids is 1. The van der Waals surface area contributed by atoms with Crippen LogP contribution >= 0.6 is 0 Å². The Labute approximate surface area is 137 Å². The maximum absolute atomic E-state index is 12.3. The second-order valence-corrected chi connectivity index (χ2v) is 6.25. The van der Waals surface area contributed by atoms with Crippen molar-refractivity contribution in [2.24, 2.45) is 5.92 Å². The van der Waals surface area contributed by atoms with Crippen molar-refractivity contribution in [3.05, 3.63) is 53.3 Å².